The van der Waals surface area contributed by atoms with Crippen LogP contribution < -0.4 is 0 Å². The summed E-state index contributed by atoms with van der Waals surface area (Å²) in [4.78, 5) is 28.9. The maximum atomic E-state index is 13.5. The first-order valence-electron chi connectivity index (χ1n) is 10.1. The van der Waals surface area contributed by atoms with Crippen LogP contribution in [0.4, 0.5) is 0 Å². The number of ether oxygens (including phenoxy) is 2. The highest BCUT2D eigenvalue weighted by Gasteiger charge is 2.75. The van der Waals surface area contributed by atoms with Gasteiger partial charge in [-0.2, -0.15) is 0 Å². The van der Waals surface area contributed by atoms with Crippen LogP contribution in [0, 0.1) is 0 Å². The summed E-state index contributed by atoms with van der Waals surface area (Å²) < 4.78 is 11.1. The van der Waals surface area contributed by atoms with Crippen LogP contribution in [0.25, 0.3) is 11.8 Å². The molecule has 152 valence electrons. The molecule has 3 aliphatic heterocycles. The third-order valence-corrected chi connectivity index (χ3v) is 10.9. The van der Waals surface area contributed by atoms with Crippen LogP contribution in [0.15, 0.2) is 47.4 Å². The number of hydrogen-bond donors (Lipinski definition) is 0. The molecule has 3 aliphatic rings. The largest absolute Gasteiger partial charge is 0.461 e. The van der Waals surface area contributed by atoms with E-state index in [2.05, 4.69) is 19.7 Å². The Hall–Kier alpha value is -2.39. The molecular weight excluding hydrogens is 385 g/mol. The second-order valence-electron chi connectivity index (χ2n) is 7.83. The van der Waals surface area contributed by atoms with Gasteiger partial charge in [0.15, 0.2) is 0 Å². The van der Waals surface area contributed by atoms with Gasteiger partial charge in [0, 0.05) is 18.2 Å². The Labute approximate surface area is 172 Å². The standard InChI is InChI=1S/C23H27NO4P/c1-5-27-21(25)20-19-18-10-8-7-9-17(18)12-14-24(19)23(22(26)28-6-2)13-11-16(3)15-29(20,23)4/h7-12,14H,5-6,13,15H2,1-4H3/q+1/t23-,29?/m0/s1. The molecule has 3 heterocycles. The molecule has 6 heteroatoms. The summed E-state index contributed by atoms with van der Waals surface area (Å²) in [6.07, 6.45) is 7.33. The molecule has 0 spiro atoms. The first-order chi connectivity index (χ1) is 13.9. The van der Waals surface area contributed by atoms with E-state index in [4.69, 9.17) is 9.47 Å². The zero-order chi connectivity index (χ0) is 20.8. The van der Waals surface area contributed by atoms with Gasteiger partial charge < -0.3 is 9.47 Å². The van der Waals surface area contributed by atoms with E-state index in [0.717, 1.165) is 16.8 Å². The van der Waals surface area contributed by atoms with E-state index in [0.29, 0.717) is 31.1 Å². The molecule has 0 N–H and O–H groups in total. The molecule has 0 saturated heterocycles. The zero-order valence-electron chi connectivity index (χ0n) is 17.4. The molecule has 1 aromatic rings. The predicted octanol–water partition coefficient (Wildman–Crippen LogP) is 4.48. The normalized spacial score (nSPS) is 27.0. The van der Waals surface area contributed by atoms with E-state index >= 15 is 0 Å². The topological polar surface area (TPSA) is 55.8 Å². The Morgan fingerprint density at radius 3 is 2.62 bits per heavy atom. The summed E-state index contributed by atoms with van der Waals surface area (Å²) in [5.74, 6) is -0.560. The molecule has 0 fully saturated rings. The third kappa shape index (κ3) is 2.63. The van der Waals surface area contributed by atoms with Crippen LogP contribution in [0.2, 0.25) is 0 Å². The highest BCUT2D eigenvalue weighted by atomic mass is 31.2. The van der Waals surface area contributed by atoms with Crippen molar-refractivity contribution in [1.29, 1.82) is 0 Å². The van der Waals surface area contributed by atoms with E-state index < -0.39 is 12.5 Å². The van der Waals surface area contributed by atoms with Crippen molar-refractivity contribution < 1.29 is 19.1 Å². The molecule has 29 heavy (non-hydrogen) atoms. The monoisotopic (exact) mass is 412 g/mol. The Bertz CT molecular complexity index is 979. The summed E-state index contributed by atoms with van der Waals surface area (Å²) in [5, 5.41) is -0.221. The van der Waals surface area contributed by atoms with Gasteiger partial charge in [-0.1, -0.05) is 30.3 Å². The Morgan fingerprint density at radius 1 is 1.17 bits per heavy atom. The second-order valence-corrected chi connectivity index (χ2v) is 11.7. The van der Waals surface area contributed by atoms with E-state index in [1.54, 1.807) is 0 Å². The lowest BCUT2D eigenvalue weighted by atomic mass is 9.97. The molecule has 0 aliphatic carbocycles. The molecule has 5 nitrogen and oxygen atoms in total. The summed E-state index contributed by atoms with van der Waals surface area (Å²) in [6.45, 7) is 8.44. The first kappa shape index (κ1) is 19.9. The van der Waals surface area contributed by atoms with Crippen LogP contribution in [0.1, 0.15) is 38.3 Å². The number of benzene rings is 1. The average molecular weight is 412 g/mol. The van der Waals surface area contributed by atoms with Gasteiger partial charge in [0.2, 0.25) is 5.31 Å². The summed E-state index contributed by atoms with van der Waals surface area (Å²) in [6, 6.07) is 8.00. The molecule has 0 radical (unpaired) electrons. The number of nitrogens with zero attached hydrogens (tertiary/aromatic N) is 1. The minimum absolute atomic E-state index is 0.250. The van der Waals surface area contributed by atoms with Gasteiger partial charge in [0.25, 0.3) is 5.28 Å². The van der Waals surface area contributed by atoms with Gasteiger partial charge in [0.1, 0.15) is 5.70 Å². The van der Waals surface area contributed by atoms with E-state index in [9.17, 15) is 9.59 Å². The minimum Gasteiger partial charge on any atom is -0.461 e. The SMILES string of the molecule is CCOC(=O)C1=C2c3ccccc3C=CN2[C@@]2(C(=O)OCC)CC=C(C)C[P+]12C. The van der Waals surface area contributed by atoms with E-state index in [1.807, 2.05) is 55.3 Å². The molecule has 2 atom stereocenters. The molecule has 0 amide bonds. The van der Waals surface area contributed by atoms with Crippen molar-refractivity contribution in [2.75, 3.05) is 26.0 Å². The van der Waals surface area contributed by atoms with Gasteiger partial charge in [-0.05, 0) is 38.0 Å². The fourth-order valence-corrected chi connectivity index (χ4v) is 9.62. The maximum absolute atomic E-state index is 13.5. The fourth-order valence-electron chi connectivity index (χ4n) is 4.94. The number of esters is 2. The van der Waals surface area contributed by atoms with Crippen LogP contribution in [-0.4, -0.2) is 48.2 Å². The molecule has 1 aromatic carbocycles. The van der Waals surface area contributed by atoms with Gasteiger partial charge >= 0.3 is 11.9 Å². The van der Waals surface area contributed by atoms with Crippen molar-refractivity contribution in [3.8, 4) is 0 Å². The molecular formula is C23H27NO4P+. The smallest absolute Gasteiger partial charge is 0.376 e. The fraction of sp³-hybridized carbons (Fsp3) is 0.391. The Morgan fingerprint density at radius 2 is 1.90 bits per heavy atom. The quantitative estimate of drug-likeness (QED) is 0.415. The lowest BCUT2D eigenvalue weighted by molar-refractivity contribution is -0.149. The summed E-state index contributed by atoms with van der Waals surface area (Å²) in [7, 11) is -2.32. The Balaban J connectivity index is 2.04. The van der Waals surface area contributed by atoms with Crippen LogP contribution in [-0.2, 0) is 19.1 Å². The number of carbonyl (C=O) groups is 2. The van der Waals surface area contributed by atoms with Crippen molar-refractivity contribution in [1.82, 2.24) is 4.90 Å². The van der Waals surface area contributed by atoms with Crippen molar-refractivity contribution >= 4 is 31.0 Å². The van der Waals surface area contributed by atoms with Crippen LogP contribution in [0.3, 0.4) is 0 Å². The number of rotatable bonds is 4. The zero-order valence-corrected chi connectivity index (χ0v) is 18.3. The lowest BCUT2D eigenvalue weighted by Crippen LogP contribution is -2.52. The molecule has 0 saturated carbocycles. The average Bonchev–Trinajstić information content (AvgIpc) is 2.93. The minimum atomic E-state index is -2.32. The van der Waals surface area contributed by atoms with Gasteiger partial charge in [-0.15, -0.1) is 0 Å². The van der Waals surface area contributed by atoms with Crippen molar-refractivity contribution in [3.05, 3.63) is 58.6 Å². The van der Waals surface area contributed by atoms with E-state index in [-0.39, 0.29) is 11.9 Å². The lowest BCUT2D eigenvalue weighted by Gasteiger charge is -2.43. The number of carbonyl (C=O) groups excluding carboxylic acids is 2. The van der Waals surface area contributed by atoms with Gasteiger partial charge in [-0.25, -0.2) is 9.59 Å². The van der Waals surface area contributed by atoms with Gasteiger partial charge in [0.05, 0.1) is 33.3 Å². The van der Waals surface area contributed by atoms with Crippen LogP contribution >= 0.6 is 7.26 Å². The summed E-state index contributed by atoms with van der Waals surface area (Å²) >= 11 is 0. The van der Waals surface area contributed by atoms with Crippen LogP contribution in [0.5, 0.6) is 0 Å². The molecule has 0 aromatic heterocycles. The first-order valence-corrected chi connectivity index (χ1v) is 12.5. The highest BCUT2D eigenvalue weighted by Crippen LogP contribution is 2.82. The van der Waals surface area contributed by atoms with E-state index in [1.165, 1.54) is 5.57 Å². The number of allylic oxidation sites excluding steroid dienone is 1. The molecule has 1 unspecified atom stereocenters. The molecule has 0 bridgehead atoms. The van der Waals surface area contributed by atoms with Crippen molar-refractivity contribution in [2.45, 2.75) is 32.5 Å². The summed E-state index contributed by atoms with van der Waals surface area (Å²) in [5.41, 5.74) is 4.03. The Kier molecular flexibility index (Phi) is 4.90. The predicted molar refractivity (Wildman–Crippen MR) is 116 cm³/mol. The van der Waals surface area contributed by atoms with Gasteiger partial charge in [-0.3, -0.25) is 4.90 Å². The second kappa shape index (κ2) is 7.14. The highest BCUT2D eigenvalue weighted by molar-refractivity contribution is 7.83. The van der Waals surface area contributed by atoms with Crippen molar-refractivity contribution in [2.24, 2.45) is 0 Å². The maximum Gasteiger partial charge on any atom is 0.376 e. The third-order valence-electron chi connectivity index (χ3n) is 6.16. The number of hydrogen-bond acceptors (Lipinski definition) is 5. The number of fused-ring (bicyclic) bond motifs is 5. The van der Waals surface area contributed by atoms with Crippen molar-refractivity contribution in [3.63, 3.8) is 0 Å². The molecule has 4 rings (SSSR count).